The summed E-state index contributed by atoms with van der Waals surface area (Å²) in [4.78, 5) is 64.4. The highest BCUT2D eigenvalue weighted by Gasteiger charge is 2.40. The van der Waals surface area contributed by atoms with E-state index in [9.17, 15) is 24.0 Å². The predicted molar refractivity (Wildman–Crippen MR) is 155 cm³/mol. The second-order valence-corrected chi connectivity index (χ2v) is 11.1. The van der Waals surface area contributed by atoms with Gasteiger partial charge in [0.05, 0.1) is 46.1 Å². The van der Waals surface area contributed by atoms with Gasteiger partial charge in [0.2, 0.25) is 17.7 Å². The molecule has 1 unspecified atom stereocenters. The number of amides is 5. The van der Waals surface area contributed by atoms with Crippen LogP contribution in [-0.2, 0) is 39.9 Å². The molecule has 14 heteroatoms. The second-order valence-electron chi connectivity index (χ2n) is 11.1. The largest absolute Gasteiger partial charge is 0.444 e. The molecule has 0 aromatic heterocycles. The number of hydrogen-bond acceptors (Lipinski definition) is 10. The lowest BCUT2D eigenvalue weighted by molar-refractivity contribution is -0.137. The van der Waals surface area contributed by atoms with Crippen molar-refractivity contribution in [1.82, 2.24) is 15.1 Å². The minimum Gasteiger partial charge on any atom is -0.444 e. The Morgan fingerprint density at radius 3 is 2.35 bits per heavy atom. The predicted octanol–water partition coefficient (Wildman–Crippen LogP) is 1.02. The quantitative estimate of drug-likeness (QED) is 0.182. The van der Waals surface area contributed by atoms with E-state index in [2.05, 4.69) is 10.6 Å². The normalized spacial score (nSPS) is 16.6. The number of carbonyl (C=O) groups excluding carboxylic acids is 5. The van der Waals surface area contributed by atoms with E-state index in [0.29, 0.717) is 69.5 Å². The number of ether oxygens (including phenoxy) is 4. The van der Waals surface area contributed by atoms with Gasteiger partial charge >= 0.3 is 6.09 Å². The fourth-order valence-electron chi connectivity index (χ4n) is 4.57. The lowest BCUT2D eigenvalue weighted by atomic mass is 10.0. The average Bonchev–Trinajstić information content (AvgIpc) is 3.27. The first-order valence-electron chi connectivity index (χ1n) is 14.5. The summed E-state index contributed by atoms with van der Waals surface area (Å²) in [5, 5.41) is 5.11. The van der Waals surface area contributed by atoms with Crippen molar-refractivity contribution in [3.05, 3.63) is 29.3 Å². The third kappa shape index (κ3) is 10.6. The van der Waals surface area contributed by atoms with Gasteiger partial charge in [-0.05, 0) is 39.3 Å². The summed E-state index contributed by atoms with van der Waals surface area (Å²) in [5.41, 5.74) is 6.57. The molecule has 3 rings (SSSR count). The summed E-state index contributed by atoms with van der Waals surface area (Å²) in [7, 11) is 0. The van der Waals surface area contributed by atoms with Gasteiger partial charge in [0.25, 0.3) is 5.91 Å². The van der Waals surface area contributed by atoms with Crippen molar-refractivity contribution in [2.24, 2.45) is 5.73 Å². The summed E-state index contributed by atoms with van der Waals surface area (Å²) in [6.07, 6.45) is 0.117. The fourth-order valence-corrected chi connectivity index (χ4v) is 4.57. The van der Waals surface area contributed by atoms with Crippen LogP contribution in [0.4, 0.5) is 10.5 Å². The van der Waals surface area contributed by atoms with Crippen LogP contribution in [-0.4, -0.2) is 110 Å². The molecule has 1 fully saturated rings. The van der Waals surface area contributed by atoms with Crippen LogP contribution in [0.2, 0.25) is 0 Å². The minimum atomic E-state index is -0.723. The summed E-state index contributed by atoms with van der Waals surface area (Å²) in [6, 6.07) is 4.32. The Kier molecular flexibility index (Phi) is 12.9. The van der Waals surface area contributed by atoms with E-state index in [1.807, 2.05) is 0 Å². The number of nitrogens with zero attached hydrogens (tertiary/aromatic N) is 2. The smallest absolute Gasteiger partial charge is 0.410 e. The Balaban J connectivity index is 1.27. The minimum absolute atomic E-state index is 0.106. The Morgan fingerprint density at radius 1 is 1.02 bits per heavy atom. The summed E-state index contributed by atoms with van der Waals surface area (Å²) in [6.45, 7) is 8.46. The van der Waals surface area contributed by atoms with Crippen molar-refractivity contribution in [1.29, 1.82) is 0 Å². The number of carbonyl (C=O) groups is 5. The van der Waals surface area contributed by atoms with Crippen LogP contribution in [0.15, 0.2) is 18.2 Å². The van der Waals surface area contributed by atoms with E-state index >= 15 is 0 Å². The lowest BCUT2D eigenvalue weighted by Crippen LogP contribution is -2.52. The van der Waals surface area contributed by atoms with E-state index < -0.39 is 23.6 Å². The number of benzene rings is 1. The van der Waals surface area contributed by atoms with Crippen molar-refractivity contribution in [3.63, 3.8) is 0 Å². The van der Waals surface area contributed by atoms with Gasteiger partial charge in [0.15, 0.2) is 0 Å². The van der Waals surface area contributed by atoms with Gasteiger partial charge in [-0.1, -0.05) is 6.07 Å². The summed E-state index contributed by atoms with van der Waals surface area (Å²) < 4.78 is 21.9. The van der Waals surface area contributed by atoms with Crippen LogP contribution in [0.3, 0.4) is 0 Å². The molecule has 1 aromatic carbocycles. The van der Waals surface area contributed by atoms with Crippen molar-refractivity contribution in [2.75, 3.05) is 64.6 Å². The third-order valence-electron chi connectivity index (χ3n) is 6.63. The maximum atomic E-state index is 12.9. The highest BCUT2D eigenvalue weighted by Crippen LogP contribution is 2.32. The third-order valence-corrected chi connectivity index (χ3v) is 6.63. The van der Waals surface area contributed by atoms with E-state index in [1.165, 1.54) is 9.80 Å². The molecule has 1 aromatic rings. The number of nitrogens with one attached hydrogen (secondary N) is 2. The topological polar surface area (TPSA) is 179 Å². The molecule has 2 aliphatic rings. The van der Waals surface area contributed by atoms with E-state index in [-0.39, 0.29) is 50.1 Å². The molecular formula is C29H43N5O9. The summed E-state index contributed by atoms with van der Waals surface area (Å²) in [5.74, 6) is -1.41. The molecule has 2 aliphatic heterocycles. The maximum Gasteiger partial charge on any atom is 0.410 e. The highest BCUT2D eigenvalue weighted by atomic mass is 16.6. The number of piperidine rings is 1. The molecular weight excluding hydrogens is 562 g/mol. The SMILES string of the molecule is CC(C)(C)OC(=O)N(CCN)CCOCCOCCOCCC(=O)Nc1cccc2c1CN(C1CCC(=O)NC1=O)C2=O. The lowest BCUT2D eigenvalue weighted by Gasteiger charge is -2.29. The standard InChI is InChI=1S/C29H43N5O9/c1-29(2,3)43-28(39)33(11-10-30)12-14-41-16-18-42-17-15-40-13-9-25(36)31-22-6-4-5-20-21(22)19-34(27(20)38)23-7-8-24(35)32-26(23)37/h4-6,23H,7-19,30H2,1-3H3,(H,31,36)(H,32,35,37). The van der Waals surface area contributed by atoms with Gasteiger partial charge in [-0.25, -0.2) is 4.79 Å². The zero-order valence-corrected chi connectivity index (χ0v) is 25.1. The second kappa shape index (κ2) is 16.3. The Hall–Kier alpha value is -3.59. The number of hydrogen-bond donors (Lipinski definition) is 3. The monoisotopic (exact) mass is 605 g/mol. The Bertz CT molecular complexity index is 1150. The number of fused-ring (bicyclic) bond motifs is 1. The molecule has 14 nitrogen and oxygen atoms in total. The zero-order valence-electron chi connectivity index (χ0n) is 25.1. The van der Waals surface area contributed by atoms with Crippen LogP contribution in [0.25, 0.3) is 0 Å². The first kappa shape index (κ1) is 33.9. The van der Waals surface area contributed by atoms with E-state index in [1.54, 1.807) is 39.0 Å². The molecule has 4 N–H and O–H groups in total. The van der Waals surface area contributed by atoms with Crippen LogP contribution in [0, 0.1) is 0 Å². The van der Waals surface area contributed by atoms with E-state index in [4.69, 9.17) is 24.7 Å². The van der Waals surface area contributed by atoms with Gasteiger partial charge in [0, 0.05) is 49.4 Å². The van der Waals surface area contributed by atoms with Crippen LogP contribution in [0.5, 0.6) is 0 Å². The van der Waals surface area contributed by atoms with Crippen LogP contribution >= 0.6 is 0 Å². The van der Waals surface area contributed by atoms with Crippen LogP contribution < -0.4 is 16.4 Å². The number of rotatable bonds is 16. The van der Waals surface area contributed by atoms with Gasteiger partial charge < -0.3 is 39.8 Å². The fraction of sp³-hybridized carbons (Fsp3) is 0.621. The number of imide groups is 1. The van der Waals surface area contributed by atoms with Gasteiger partial charge in [-0.2, -0.15) is 0 Å². The summed E-state index contributed by atoms with van der Waals surface area (Å²) >= 11 is 0. The van der Waals surface area contributed by atoms with Gasteiger partial charge in [0.1, 0.15) is 11.6 Å². The molecule has 238 valence electrons. The molecule has 2 heterocycles. The molecule has 0 bridgehead atoms. The first-order chi connectivity index (χ1) is 20.5. The van der Waals surface area contributed by atoms with Crippen LogP contribution in [0.1, 0.15) is 56.0 Å². The molecule has 0 aliphatic carbocycles. The molecule has 0 saturated carbocycles. The molecule has 1 atom stereocenters. The Morgan fingerprint density at radius 2 is 1.70 bits per heavy atom. The Labute approximate surface area is 251 Å². The molecule has 43 heavy (non-hydrogen) atoms. The molecule has 5 amide bonds. The van der Waals surface area contributed by atoms with E-state index in [0.717, 1.165) is 0 Å². The first-order valence-corrected chi connectivity index (χ1v) is 14.5. The maximum absolute atomic E-state index is 12.9. The van der Waals surface area contributed by atoms with Gasteiger partial charge in [-0.3, -0.25) is 24.5 Å². The zero-order chi connectivity index (χ0) is 31.4. The van der Waals surface area contributed by atoms with Crippen molar-refractivity contribution in [2.45, 2.75) is 58.2 Å². The van der Waals surface area contributed by atoms with Crippen molar-refractivity contribution >= 4 is 35.4 Å². The highest BCUT2D eigenvalue weighted by molar-refractivity contribution is 6.06. The number of anilines is 1. The number of nitrogens with two attached hydrogens (primary N) is 1. The molecule has 1 saturated heterocycles. The average molecular weight is 606 g/mol. The van der Waals surface area contributed by atoms with Crippen molar-refractivity contribution in [3.8, 4) is 0 Å². The molecule has 0 radical (unpaired) electrons. The van der Waals surface area contributed by atoms with Gasteiger partial charge in [-0.15, -0.1) is 0 Å². The van der Waals surface area contributed by atoms with Crippen molar-refractivity contribution < 1.29 is 42.9 Å². The molecule has 0 spiro atoms.